The van der Waals surface area contributed by atoms with Crippen molar-refractivity contribution in [1.29, 1.82) is 0 Å². The van der Waals surface area contributed by atoms with Gasteiger partial charge in [0.25, 0.3) is 5.91 Å². The maximum Gasteiger partial charge on any atom is 0.256 e. The summed E-state index contributed by atoms with van der Waals surface area (Å²) in [5, 5.41) is 9.18. The Labute approximate surface area is 118 Å². The van der Waals surface area contributed by atoms with E-state index in [9.17, 15) is 14.3 Å². The highest BCUT2D eigenvalue weighted by molar-refractivity contribution is 5.94. The van der Waals surface area contributed by atoms with E-state index in [4.69, 9.17) is 0 Å². The molecule has 2 rings (SSSR count). The molecule has 1 aromatic rings. The lowest BCUT2D eigenvalue weighted by atomic mass is 10.1. The summed E-state index contributed by atoms with van der Waals surface area (Å²) in [6, 6.07) is 4.17. The molecule has 1 atom stereocenters. The summed E-state index contributed by atoms with van der Waals surface area (Å²) in [6.07, 6.45) is 1.08. The van der Waals surface area contributed by atoms with Crippen LogP contribution in [-0.2, 0) is 0 Å². The molecule has 5 heteroatoms. The molecule has 1 unspecified atom stereocenters. The quantitative estimate of drug-likeness (QED) is 0.922. The minimum Gasteiger partial charge on any atom is -0.508 e. The zero-order chi connectivity index (χ0) is 14.7. The molecule has 1 aromatic carbocycles. The largest absolute Gasteiger partial charge is 0.508 e. The van der Waals surface area contributed by atoms with Crippen molar-refractivity contribution in [3.8, 4) is 5.75 Å². The molecule has 1 aliphatic heterocycles. The second-order valence-corrected chi connectivity index (χ2v) is 5.25. The predicted octanol–water partition coefficient (Wildman–Crippen LogP) is 2.09. The molecule has 1 heterocycles. The summed E-state index contributed by atoms with van der Waals surface area (Å²) in [5.74, 6) is -1.13. The number of phenols is 1. The standard InChI is InChI=1S/C15H21FN2O2/c1-3-11(2)17-6-8-18(9-7-17)15(20)13-5-4-12(19)10-14(13)16/h4-5,10-11,19H,3,6-9H2,1-2H3. The van der Waals surface area contributed by atoms with Gasteiger partial charge in [-0.15, -0.1) is 0 Å². The third-order valence-electron chi connectivity index (χ3n) is 4.00. The molecule has 1 N–H and O–H groups in total. The Hall–Kier alpha value is -1.62. The topological polar surface area (TPSA) is 43.8 Å². The maximum absolute atomic E-state index is 13.7. The smallest absolute Gasteiger partial charge is 0.256 e. The molecule has 0 saturated carbocycles. The van der Waals surface area contributed by atoms with Crippen LogP contribution in [0.2, 0.25) is 0 Å². The van der Waals surface area contributed by atoms with Gasteiger partial charge in [-0.2, -0.15) is 0 Å². The van der Waals surface area contributed by atoms with Gasteiger partial charge in [0.2, 0.25) is 0 Å². The van der Waals surface area contributed by atoms with Crippen LogP contribution in [0.25, 0.3) is 0 Å². The highest BCUT2D eigenvalue weighted by Gasteiger charge is 2.25. The van der Waals surface area contributed by atoms with Gasteiger partial charge in [0.15, 0.2) is 0 Å². The maximum atomic E-state index is 13.7. The fourth-order valence-electron chi connectivity index (χ4n) is 2.47. The van der Waals surface area contributed by atoms with Gasteiger partial charge in [-0.3, -0.25) is 9.69 Å². The summed E-state index contributed by atoms with van der Waals surface area (Å²) < 4.78 is 13.7. The average Bonchev–Trinajstić information content (AvgIpc) is 2.46. The third-order valence-corrected chi connectivity index (χ3v) is 4.00. The zero-order valence-corrected chi connectivity index (χ0v) is 12.0. The normalized spacial score (nSPS) is 18.1. The van der Waals surface area contributed by atoms with E-state index in [0.717, 1.165) is 25.6 Å². The molecule has 0 spiro atoms. The number of carbonyl (C=O) groups is 1. The Bertz CT molecular complexity index is 485. The van der Waals surface area contributed by atoms with Gasteiger partial charge in [0.05, 0.1) is 5.56 Å². The van der Waals surface area contributed by atoms with E-state index in [-0.39, 0.29) is 17.2 Å². The molecule has 1 amide bonds. The van der Waals surface area contributed by atoms with Crippen molar-refractivity contribution in [2.75, 3.05) is 26.2 Å². The average molecular weight is 280 g/mol. The van der Waals surface area contributed by atoms with Crippen LogP contribution >= 0.6 is 0 Å². The molecular formula is C15H21FN2O2. The second-order valence-electron chi connectivity index (χ2n) is 5.25. The van der Waals surface area contributed by atoms with Gasteiger partial charge in [0, 0.05) is 38.3 Å². The van der Waals surface area contributed by atoms with E-state index < -0.39 is 5.82 Å². The van der Waals surface area contributed by atoms with Crippen LogP contribution in [0.15, 0.2) is 18.2 Å². The lowest BCUT2D eigenvalue weighted by Gasteiger charge is -2.37. The van der Waals surface area contributed by atoms with Crippen molar-refractivity contribution in [2.24, 2.45) is 0 Å². The first-order valence-electron chi connectivity index (χ1n) is 7.04. The Morgan fingerprint density at radius 3 is 2.55 bits per heavy atom. The summed E-state index contributed by atoms with van der Waals surface area (Å²) in [7, 11) is 0. The summed E-state index contributed by atoms with van der Waals surface area (Å²) in [5.41, 5.74) is 0.0276. The molecule has 1 aliphatic rings. The Kier molecular flexibility index (Phi) is 4.60. The van der Waals surface area contributed by atoms with Crippen molar-refractivity contribution >= 4 is 5.91 Å². The third kappa shape index (κ3) is 3.10. The van der Waals surface area contributed by atoms with Crippen molar-refractivity contribution in [1.82, 2.24) is 9.80 Å². The molecule has 0 radical (unpaired) electrons. The van der Waals surface area contributed by atoms with Crippen LogP contribution in [-0.4, -0.2) is 53.0 Å². The van der Waals surface area contributed by atoms with E-state index in [0.29, 0.717) is 19.1 Å². The molecule has 0 aromatic heterocycles. The van der Waals surface area contributed by atoms with E-state index in [1.165, 1.54) is 12.1 Å². The minimum atomic E-state index is -0.667. The number of hydrogen-bond donors (Lipinski definition) is 1. The number of phenolic OH excluding ortho intramolecular Hbond substituents is 1. The van der Waals surface area contributed by atoms with Crippen LogP contribution in [0.4, 0.5) is 4.39 Å². The van der Waals surface area contributed by atoms with Crippen LogP contribution in [0.3, 0.4) is 0 Å². The molecular weight excluding hydrogens is 259 g/mol. The fourth-order valence-corrected chi connectivity index (χ4v) is 2.47. The predicted molar refractivity (Wildman–Crippen MR) is 75.3 cm³/mol. The van der Waals surface area contributed by atoms with E-state index in [2.05, 4.69) is 18.7 Å². The summed E-state index contributed by atoms with van der Waals surface area (Å²) in [4.78, 5) is 16.3. The molecule has 1 fully saturated rings. The van der Waals surface area contributed by atoms with Crippen molar-refractivity contribution in [2.45, 2.75) is 26.3 Å². The first-order chi connectivity index (χ1) is 9.52. The molecule has 4 nitrogen and oxygen atoms in total. The highest BCUT2D eigenvalue weighted by Crippen LogP contribution is 2.18. The van der Waals surface area contributed by atoms with Crippen LogP contribution in [0.1, 0.15) is 30.6 Å². The number of nitrogens with zero attached hydrogens (tertiary/aromatic N) is 2. The number of aromatic hydroxyl groups is 1. The molecule has 1 saturated heterocycles. The Balaban J connectivity index is 2.01. The first kappa shape index (κ1) is 14.8. The lowest BCUT2D eigenvalue weighted by molar-refractivity contribution is 0.0575. The molecule has 0 aliphatic carbocycles. The summed E-state index contributed by atoms with van der Waals surface area (Å²) in [6.45, 7) is 7.19. The number of piperazine rings is 1. The van der Waals surface area contributed by atoms with Crippen molar-refractivity contribution < 1.29 is 14.3 Å². The van der Waals surface area contributed by atoms with Crippen molar-refractivity contribution in [3.63, 3.8) is 0 Å². The van der Waals surface area contributed by atoms with E-state index in [1.807, 2.05) is 0 Å². The number of amides is 1. The molecule has 0 bridgehead atoms. The van der Waals surface area contributed by atoms with E-state index in [1.54, 1.807) is 4.90 Å². The van der Waals surface area contributed by atoms with Gasteiger partial charge >= 0.3 is 0 Å². The van der Waals surface area contributed by atoms with E-state index >= 15 is 0 Å². The molecule has 110 valence electrons. The van der Waals surface area contributed by atoms with Gasteiger partial charge < -0.3 is 10.0 Å². The number of carbonyl (C=O) groups excluding carboxylic acids is 1. The highest BCUT2D eigenvalue weighted by atomic mass is 19.1. The fraction of sp³-hybridized carbons (Fsp3) is 0.533. The summed E-state index contributed by atoms with van der Waals surface area (Å²) >= 11 is 0. The number of halogens is 1. The number of hydrogen-bond acceptors (Lipinski definition) is 3. The van der Waals surface area contributed by atoms with Gasteiger partial charge in [0.1, 0.15) is 11.6 Å². The van der Waals surface area contributed by atoms with Gasteiger partial charge in [-0.25, -0.2) is 4.39 Å². The Morgan fingerprint density at radius 2 is 2.00 bits per heavy atom. The lowest BCUT2D eigenvalue weighted by Crippen LogP contribution is -2.51. The van der Waals surface area contributed by atoms with Gasteiger partial charge in [-0.1, -0.05) is 6.92 Å². The monoisotopic (exact) mass is 280 g/mol. The number of rotatable bonds is 3. The zero-order valence-electron chi connectivity index (χ0n) is 12.0. The van der Waals surface area contributed by atoms with Crippen LogP contribution < -0.4 is 0 Å². The molecule has 20 heavy (non-hydrogen) atoms. The number of benzene rings is 1. The second kappa shape index (κ2) is 6.22. The van der Waals surface area contributed by atoms with Crippen LogP contribution in [0, 0.1) is 5.82 Å². The first-order valence-corrected chi connectivity index (χ1v) is 7.04. The Morgan fingerprint density at radius 1 is 1.35 bits per heavy atom. The van der Waals surface area contributed by atoms with Crippen LogP contribution in [0.5, 0.6) is 5.75 Å². The van der Waals surface area contributed by atoms with Crippen molar-refractivity contribution in [3.05, 3.63) is 29.6 Å². The SMILES string of the molecule is CCC(C)N1CCN(C(=O)c2ccc(O)cc2F)CC1. The van der Waals surface area contributed by atoms with Gasteiger partial charge in [-0.05, 0) is 25.5 Å². The minimum absolute atomic E-state index is 0.0276.